The number of carbonyl (C=O) groups is 2. The molecule has 0 saturated carbocycles. The van der Waals surface area contributed by atoms with Crippen molar-refractivity contribution in [3.63, 3.8) is 0 Å². The van der Waals surface area contributed by atoms with E-state index in [0.29, 0.717) is 22.4 Å². The summed E-state index contributed by atoms with van der Waals surface area (Å²) < 4.78 is 84.9. The molecule has 0 aliphatic carbocycles. The Morgan fingerprint density at radius 1 is 0.872 bits per heavy atom. The Morgan fingerprint density at radius 2 is 1.53 bits per heavy atom. The maximum Gasteiger partial charge on any atom is 0.416 e. The minimum Gasteiger partial charge on any atom is -0.354 e. The summed E-state index contributed by atoms with van der Waals surface area (Å²) >= 11 is 0. The molecule has 4 aromatic carbocycles. The monoisotopic (exact) mass is 669 g/mol. The molecule has 4 rings (SSSR count). The molecule has 0 fully saturated rings. The van der Waals surface area contributed by atoms with Crippen LogP contribution >= 0.6 is 0 Å². The summed E-state index contributed by atoms with van der Waals surface area (Å²) in [6, 6.07) is 22.5. The Labute approximate surface area is 271 Å². The van der Waals surface area contributed by atoms with Crippen molar-refractivity contribution in [2.24, 2.45) is 0 Å². The summed E-state index contributed by atoms with van der Waals surface area (Å²) in [5.74, 6) is -2.12. The fourth-order valence-electron chi connectivity index (χ4n) is 4.93. The number of sulfonamides is 1. The highest BCUT2D eigenvalue weighted by atomic mass is 32.2. The van der Waals surface area contributed by atoms with Gasteiger partial charge in [0.2, 0.25) is 11.8 Å². The molecule has 0 aliphatic rings. The molecule has 0 aliphatic heterocycles. The van der Waals surface area contributed by atoms with Crippen LogP contribution in [0.3, 0.4) is 0 Å². The Balaban J connectivity index is 1.85. The lowest BCUT2D eigenvalue weighted by Crippen LogP contribution is -2.53. The van der Waals surface area contributed by atoms with Crippen LogP contribution in [0.25, 0.3) is 0 Å². The van der Waals surface area contributed by atoms with Crippen LogP contribution in [0, 0.1) is 12.7 Å². The SMILES string of the molecule is CCCNC(=O)[C@H](Cc1ccccc1)N(Cc1ccccc1F)C(=O)CN(c1cccc(C(F)(F)F)c1)S(=O)(=O)c1ccc(C)cc1. The van der Waals surface area contributed by atoms with Gasteiger partial charge in [-0.2, -0.15) is 13.2 Å². The zero-order chi connectivity index (χ0) is 34.2. The fourth-order valence-corrected chi connectivity index (χ4v) is 6.34. The van der Waals surface area contributed by atoms with Crippen LogP contribution in [-0.2, 0) is 38.8 Å². The van der Waals surface area contributed by atoms with Crippen molar-refractivity contribution in [1.29, 1.82) is 0 Å². The minimum absolute atomic E-state index is 0.00481. The van der Waals surface area contributed by atoms with Gasteiger partial charge in [-0.25, -0.2) is 12.8 Å². The number of hydrogen-bond donors (Lipinski definition) is 1. The van der Waals surface area contributed by atoms with E-state index in [-0.39, 0.29) is 23.4 Å². The summed E-state index contributed by atoms with van der Waals surface area (Å²) in [5, 5.41) is 2.78. The molecule has 0 bridgehead atoms. The summed E-state index contributed by atoms with van der Waals surface area (Å²) in [4.78, 5) is 28.8. The maximum absolute atomic E-state index is 15.0. The van der Waals surface area contributed by atoms with E-state index in [2.05, 4.69) is 5.32 Å². The molecule has 0 radical (unpaired) electrons. The molecule has 1 N–H and O–H groups in total. The van der Waals surface area contributed by atoms with E-state index in [9.17, 15) is 35.6 Å². The average molecular weight is 670 g/mol. The summed E-state index contributed by atoms with van der Waals surface area (Å²) in [5.41, 5.74) is -0.0411. The van der Waals surface area contributed by atoms with Crippen molar-refractivity contribution >= 4 is 27.5 Å². The third-order valence-electron chi connectivity index (χ3n) is 7.47. The third kappa shape index (κ3) is 8.97. The van der Waals surface area contributed by atoms with Gasteiger partial charge in [-0.3, -0.25) is 13.9 Å². The van der Waals surface area contributed by atoms with Crippen molar-refractivity contribution in [3.05, 3.63) is 131 Å². The van der Waals surface area contributed by atoms with Crippen LogP contribution < -0.4 is 9.62 Å². The first-order valence-corrected chi connectivity index (χ1v) is 16.4. The number of nitrogens with one attached hydrogen (secondary N) is 1. The summed E-state index contributed by atoms with van der Waals surface area (Å²) in [6.45, 7) is 2.48. The Bertz CT molecular complexity index is 1780. The molecule has 2 amide bonds. The molecule has 0 aromatic heterocycles. The molecule has 4 aromatic rings. The summed E-state index contributed by atoms with van der Waals surface area (Å²) in [7, 11) is -4.62. The molecule has 248 valence electrons. The number of benzene rings is 4. The van der Waals surface area contributed by atoms with E-state index in [1.165, 1.54) is 42.5 Å². The number of carbonyl (C=O) groups excluding carboxylic acids is 2. The van der Waals surface area contributed by atoms with Crippen LogP contribution in [0.5, 0.6) is 0 Å². The number of amides is 2. The molecule has 1 atom stereocenters. The van der Waals surface area contributed by atoms with Gasteiger partial charge in [0.05, 0.1) is 16.1 Å². The minimum atomic E-state index is -4.80. The van der Waals surface area contributed by atoms with Gasteiger partial charge in [-0.05, 0) is 55.3 Å². The molecular weight excluding hydrogens is 634 g/mol. The Hall–Kier alpha value is -4.71. The van der Waals surface area contributed by atoms with Gasteiger partial charge in [-0.1, -0.05) is 79.2 Å². The Morgan fingerprint density at radius 3 is 2.17 bits per heavy atom. The molecule has 47 heavy (non-hydrogen) atoms. The zero-order valence-electron chi connectivity index (χ0n) is 25.9. The van der Waals surface area contributed by atoms with Gasteiger partial charge in [0.1, 0.15) is 18.4 Å². The second-order valence-electron chi connectivity index (χ2n) is 11.0. The van der Waals surface area contributed by atoms with Crippen molar-refractivity contribution in [1.82, 2.24) is 10.2 Å². The lowest BCUT2D eigenvalue weighted by molar-refractivity contribution is -0.140. The van der Waals surface area contributed by atoms with Crippen LogP contribution in [0.2, 0.25) is 0 Å². The fraction of sp³-hybridized carbons (Fsp3) is 0.257. The maximum atomic E-state index is 15.0. The molecular formula is C35H35F4N3O4S. The van der Waals surface area contributed by atoms with E-state index in [0.717, 1.165) is 28.7 Å². The van der Waals surface area contributed by atoms with Crippen molar-refractivity contribution < 1.29 is 35.6 Å². The largest absolute Gasteiger partial charge is 0.416 e. The molecule has 12 heteroatoms. The molecule has 0 saturated heterocycles. The van der Waals surface area contributed by atoms with E-state index < -0.39 is 64.2 Å². The number of anilines is 1. The van der Waals surface area contributed by atoms with Crippen LogP contribution in [0.15, 0.2) is 108 Å². The number of halogens is 4. The molecule has 0 spiro atoms. The van der Waals surface area contributed by atoms with Gasteiger partial charge < -0.3 is 10.2 Å². The van der Waals surface area contributed by atoms with E-state index in [1.807, 2.05) is 6.92 Å². The lowest BCUT2D eigenvalue weighted by atomic mass is 10.0. The topological polar surface area (TPSA) is 86.8 Å². The summed E-state index contributed by atoms with van der Waals surface area (Å²) in [6.07, 6.45) is -4.21. The number of hydrogen-bond acceptors (Lipinski definition) is 4. The number of aryl methyl sites for hydroxylation is 1. The van der Waals surface area contributed by atoms with E-state index >= 15 is 0 Å². The van der Waals surface area contributed by atoms with Gasteiger partial charge in [0.25, 0.3) is 10.0 Å². The van der Waals surface area contributed by atoms with Gasteiger partial charge in [0, 0.05) is 25.1 Å². The van der Waals surface area contributed by atoms with Crippen molar-refractivity contribution in [3.8, 4) is 0 Å². The second-order valence-corrected chi connectivity index (χ2v) is 12.8. The number of alkyl halides is 3. The predicted molar refractivity (Wildman–Crippen MR) is 171 cm³/mol. The molecule has 7 nitrogen and oxygen atoms in total. The first-order chi connectivity index (χ1) is 22.3. The second kappa shape index (κ2) is 15.3. The first-order valence-electron chi connectivity index (χ1n) is 14.9. The average Bonchev–Trinajstić information content (AvgIpc) is 3.05. The van der Waals surface area contributed by atoms with E-state index in [1.54, 1.807) is 43.3 Å². The highest BCUT2D eigenvalue weighted by Crippen LogP contribution is 2.33. The van der Waals surface area contributed by atoms with Crippen LogP contribution in [0.4, 0.5) is 23.2 Å². The standard InChI is InChI=1S/C35H35F4N3O4S/c1-3-20-40-34(44)32(21-26-10-5-4-6-11-26)41(23-27-12-7-8-15-31(27)36)33(43)24-42(29-14-9-13-28(22-29)35(37,38)39)47(45,46)30-18-16-25(2)17-19-30/h4-19,22,32H,3,20-21,23-24H2,1-2H3,(H,40,44)/t32-/m0/s1. The Kier molecular flexibility index (Phi) is 11.4. The van der Waals surface area contributed by atoms with Crippen LogP contribution in [0.1, 0.15) is 35.6 Å². The molecule has 0 unspecified atom stereocenters. The van der Waals surface area contributed by atoms with Gasteiger partial charge in [0.15, 0.2) is 0 Å². The predicted octanol–water partition coefficient (Wildman–Crippen LogP) is 6.51. The van der Waals surface area contributed by atoms with Gasteiger partial charge >= 0.3 is 6.18 Å². The highest BCUT2D eigenvalue weighted by Gasteiger charge is 2.36. The smallest absolute Gasteiger partial charge is 0.354 e. The van der Waals surface area contributed by atoms with Gasteiger partial charge in [-0.15, -0.1) is 0 Å². The van der Waals surface area contributed by atoms with Crippen molar-refractivity contribution in [2.45, 2.75) is 50.3 Å². The quantitative estimate of drug-likeness (QED) is 0.165. The zero-order valence-corrected chi connectivity index (χ0v) is 26.7. The first kappa shape index (κ1) is 35.1. The normalized spacial score (nSPS) is 12.3. The number of nitrogens with zero attached hydrogens (tertiary/aromatic N) is 2. The van der Waals surface area contributed by atoms with Crippen LogP contribution in [-0.4, -0.2) is 44.3 Å². The molecule has 0 heterocycles. The van der Waals surface area contributed by atoms with Crippen molar-refractivity contribution in [2.75, 3.05) is 17.4 Å². The highest BCUT2D eigenvalue weighted by molar-refractivity contribution is 7.92. The number of rotatable bonds is 13. The van der Waals surface area contributed by atoms with E-state index in [4.69, 9.17) is 0 Å². The lowest BCUT2D eigenvalue weighted by Gasteiger charge is -2.34. The third-order valence-corrected chi connectivity index (χ3v) is 9.26.